The van der Waals surface area contributed by atoms with Gasteiger partial charge in [-0.2, -0.15) is 0 Å². The number of ether oxygens (including phenoxy) is 1. The van der Waals surface area contributed by atoms with Crippen LogP contribution >= 0.6 is 0 Å². The Bertz CT molecular complexity index is 432. The lowest BCUT2D eigenvalue weighted by molar-refractivity contribution is -0.385. The zero-order chi connectivity index (χ0) is 13.0. The maximum Gasteiger partial charge on any atom is 0.311 e. The normalized spacial score (nSPS) is 14.5. The van der Waals surface area contributed by atoms with Crippen LogP contribution in [0.15, 0.2) is 18.2 Å². The molecule has 0 amide bonds. The largest absolute Gasteiger partial charge is 0.484 e. The Kier molecular flexibility index (Phi) is 4.11. The monoisotopic (exact) mass is 252 g/mol. The van der Waals surface area contributed by atoms with Crippen molar-refractivity contribution in [2.24, 2.45) is 0 Å². The summed E-state index contributed by atoms with van der Waals surface area (Å²) in [7, 11) is 0. The summed E-state index contributed by atoms with van der Waals surface area (Å²) >= 11 is 0. The number of aliphatic hydroxyl groups excluding tert-OH is 1. The summed E-state index contributed by atoms with van der Waals surface area (Å²) in [5, 5.41) is 22.9. The first-order chi connectivity index (χ1) is 8.70. The van der Waals surface area contributed by atoms with Gasteiger partial charge in [0.1, 0.15) is 6.61 Å². The van der Waals surface area contributed by atoms with Gasteiger partial charge in [0.15, 0.2) is 5.75 Å². The molecule has 98 valence electrons. The van der Waals surface area contributed by atoms with Gasteiger partial charge in [0.05, 0.1) is 11.5 Å². The number of benzene rings is 1. The standard InChI is InChI=1S/C12H16N2O4/c15-5-6-18-12-4-1-9(7-11(12)14(16)17)8-13-10-2-3-10/h1,4,7,10,13,15H,2-3,5-6,8H2. The van der Waals surface area contributed by atoms with Crippen LogP contribution in [-0.4, -0.2) is 29.3 Å². The zero-order valence-electron chi connectivity index (χ0n) is 9.96. The molecule has 1 aromatic carbocycles. The van der Waals surface area contributed by atoms with Crippen LogP contribution in [0, 0.1) is 10.1 Å². The molecule has 2 N–H and O–H groups in total. The predicted octanol–water partition coefficient (Wildman–Crippen LogP) is 1.22. The number of aliphatic hydroxyl groups is 1. The van der Waals surface area contributed by atoms with Crippen LogP contribution in [0.3, 0.4) is 0 Å². The van der Waals surface area contributed by atoms with Gasteiger partial charge in [-0.15, -0.1) is 0 Å². The van der Waals surface area contributed by atoms with Crippen molar-refractivity contribution in [2.45, 2.75) is 25.4 Å². The molecule has 1 aliphatic rings. The SMILES string of the molecule is O=[N+]([O-])c1cc(CNC2CC2)ccc1OCCO. The minimum Gasteiger partial charge on any atom is -0.484 e. The zero-order valence-corrected chi connectivity index (χ0v) is 9.96. The van der Waals surface area contributed by atoms with E-state index >= 15 is 0 Å². The van der Waals surface area contributed by atoms with Crippen molar-refractivity contribution in [3.63, 3.8) is 0 Å². The number of nitrogens with zero attached hydrogens (tertiary/aromatic N) is 1. The van der Waals surface area contributed by atoms with Crippen LogP contribution in [0.2, 0.25) is 0 Å². The molecule has 0 aromatic heterocycles. The maximum absolute atomic E-state index is 10.9. The van der Waals surface area contributed by atoms with Gasteiger partial charge in [-0.05, 0) is 24.5 Å². The fourth-order valence-corrected chi connectivity index (χ4v) is 1.64. The lowest BCUT2D eigenvalue weighted by Gasteiger charge is -2.07. The fourth-order valence-electron chi connectivity index (χ4n) is 1.64. The van der Waals surface area contributed by atoms with Crippen LogP contribution in [0.1, 0.15) is 18.4 Å². The molecule has 0 atom stereocenters. The average molecular weight is 252 g/mol. The Labute approximate surface area is 105 Å². The van der Waals surface area contributed by atoms with Crippen molar-refractivity contribution in [1.29, 1.82) is 0 Å². The Morgan fingerprint density at radius 3 is 2.89 bits per heavy atom. The summed E-state index contributed by atoms with van der Waals surface area (Å²) in [6.07, 6.45) is 2.36. The fraction of sp³-hybridized carbons (Fsp3) is 0.500. The molecule has 0 heterocycles. The Morgan fingerprint density at radius 2 is 2.28 bits per heavy atom. The van der Waals surface area contributed by atoms with Gasteiger partial charge in [-0.25, -0.2) is 0 Å². The van der Waals surface area contributed by atoms with Gasteiger partial charge < -0.3 is 15.2 Å². The van der Waals surface area contributed by atoms with E-state index in [-0.39, 0.29) is 24.7 Å². The van der Waals surface area contributed by atoms with E-state index in [9.17, 15) is 10.1 Å². The highest BCUT2D eigenvalue weighted by Gasteiger charge is 2.21. The summed E-state index contributed by atoms with van der Waals surface area (Å²) in [5.41, 5.74) is 0.809. The topological polar surface area (TPSA) is 84.6 Å². The van der Waals surface area contributed by atoms with Crippen molar-refractivity contribution >= 4 is 5.69 Å². The third-order valence-electron chi connectivity index (χ3n) is 2.74. The summed E-state index contributed by atoms with van der Waals surface area (Å²) in [6.45, 7) is 0.522. The molecule has 18 heavy (non-hydrogen) atoms. The van der Waals surface area contributed by atoms with E-state index < -0.39 is 4.92 Å². The Morgan fingerprint density at radius 1 is 1.50 bits per heavy atom. The van der Waals surface area contributed by atoms with Crippen LogP contribution in [-0.2, 0) is 6.54 Å². The Hall–Kier alpha value is -1.66. The number of hydrogen-bond acceptors (Lipinski definition) is 5. The molecule has 0 aliphatic heterocycles. The molecule has 0 spiro atoms. The van der Waals surface area contributed by atoms with E-state index in [1.807, 2.05) is 0 Å². The van der Waals surface area contributed by atoms with Gasteiger partial charge in [0.25, 0.3) is 0 Å². The molecule has 1 saturated carbocycles. The van der Waals surface area contributed by atoms with Crippen molar-refractivity contribution in [1.82, 2.24) is 5.32 Å². The van der Waals surface area contributed by atoms with Crippen molar-refractivity contribution in [2.75, 3.05) is 13.2 Å². The third-order valence-corrected chi connectivity index (χ3v) is 2.74. The van der Waals surface area contributed by atoms with Crippen molar-refractivity contribution < 1.29 is 14.8 Å². The highest BCUT2D eigenvalue weighted by molar-refractivity contribution is 5.48. The summed E-state index contributed by atoms with van der Waals surface area (Å²) in [5.74, 6) is 0.198. The van der Waals surface area contributed by atoms with Crippen LogP contribution in [0.4, 0.5) is 5.69 Å². The minimum absolute atomic E-state index is 0.0561. The average Bonchev–Trinajstić information content (AvgIpc) is 3.18. The van der Waals surface area contributed by atoms with E-state index in [1.54, 1.807) is 12.1 Å². The van der Waals surface area contributed by atoms with Gasteiger partial charge in [0, 0.05) is 18.7 Å². The number of rotatable bonds is 7. The van der Waals surface area contributed by atoms with Gasteiger partial charge >= 0.3 is 5.69 Å². The number of hydrogen-bond donors (Lipinski definition) is 2. The first-order valence-corrected chi connectivity index (χ1v) is 5.95. The molecule has 0 radical (unpaired) electrons. The van der Waals surface area contributed by atoms with E-state index in [0.717, 1.165) is 5.56 Å². The van der Waals surface area contributed by atoms with Crippen LogP contribution in [0.25, 0.3) is 0 Å². The molecule has 0 bridgehead atoms. The van der Waals surface area contributed by atoms with Crippen molar-refractivity contribution in [3.8, 4) is 5.75 Å². The maximum atomic E-state index is 10.9. The number of nitro benzene ring substituents is 1. The first-order valence-electron chi connectivity index (χ1n) is 5.95. The molecule has 0 saturated heterocycles. The van der Waals surface area contributed by atoms with Crippen LogP contribution < -0.4 is 10.1 Å². The lowest BCUT2D eigenvalue weighted by atomic mass is 10.2. The molecular weight excluding hydrogens is 236 g/mol. The molecule has 6 nitrogen and oxygen atoms in total. The highest BCUT2D eigenvalue weighted by Crippen LogP contribution is 2.28. The van der Waals surface area contributed by atoms with Gasteiger partial charge in [-0.1, -0.05) is 6.07 Å². The molecule has 0 unspecified atom stereocenters. The molecular formula is C12H16N2O4. The molecule has 2 rings (SSSR count). The number of nitro groups is 1. The van der Waals surface area contributed by atoms with Crippen molar-refractivity contribution in [3.05, 3.63) is 33.9 Å². The molecule has 1 aromatic rings. The first kappa shape index (κ1) is 12.8. The summed E-state index contributed by atoms with van der Waals surface area (Å²) < 4.78 is 5.13. The van der Waals surface area contributed by atoms with Gasteiger partial charge in [0.2, 0.25) is 0 Å². The third kappa shape index (κ3) is 3.41. The summed E-state index contributed by atoms with van der Waals surface area (Å²) in [6, 6.07) is 5.46. The van der Waals surface area contributed by atoms with Gasteiger partial charge in [-0.3, -0.25) is 10.1 Å². The second-order valence-corrected chi connectivity index (χ2v) is 4.29. The molecule has 1 aliphatic carbocycles. The second kappa shape index (κ2) is 5.79. The summed E-state index contributed by atoms with van der Waals surface area (Å²) in [4.78, 5) is 10.5. The smallest absolute Gasteiger partial charge is 0.311 e. The van der Waals surface area contributed by atoms with E-state index in [2.05, 4.69) is 5.32 Å². The molecule has 6 heteroatoms. The van der Waals surface area contributed by atoms with E-state index in [0.29, 0.717) is 12.6 Å². The highest BCUT2D eigenvalue weighted by atomic mass is 16.6. The van der Waals surface area contributed by atoms with E-state index in [4.69, 9.17) is 9.84 Å². The minimum atomic E-state index is -0.465. The number of nitrogens with one attached hydrogen (secondary N) is 1. The lowest BCUT2D eigenvalue weighted by Crippen LogP contribution is -2.15. The second-order valence-electron chi connectivity index (χ2n) is 4.29. The Balaban J connectivity index is 2.08. The van der Waals surface area contributed by atoms with Crippen LogP contribution in [0.5, 0.6) is 5.75 Å². The van der Waals surface area contributed by atoms with E-state index in [1.165, 1.54) is 18.9 Å². The molecule has 1 fully saturated rings. The predicted molar refractivity (Wildman–Crippen MR) is 65.5 cm³/mol. The quantitative estimate of drug-likeness (QED) is 0.563.